The first-order valence-corrected chi connectivity index (χ1v) is 40.4. The molecule has 0 spiro atoms. The van der Waals surface area contributed by atoms with Crippen molar-refractivity contribution in [2.45, 2.75) is 108 Å². The standard InChI is InChI=1S/C29H37N5O6.C28H35N5O8.C27H32BrN5O7/c1-18-5-3-4-6-22(18)31-29(39)32-23-8-7-20(13-25(23)40-2)14-26(35)34-17-21(30)16-24(34)28(38)33-11-9-19(10-12-33)15-27(36)37;1-17-5-3-4-6-19(17)29-28(40)30-20-8-7-18(13-22(20)41-2)14-23(35)33-15-21(34)26(38)25(33)27(39)32-11-9-31(10-12-32)16-24(36)37;1-40-23-12-17(6-7-21(23)30-27(39)29-20-5-3-2-4-19(20)28)13-24(35)33-15-18(34)14-22(33)26(38)32-10-8-31(9-11-32)16-25(36)37/h3-8,13,19,21,24H,9-12,14-17,30H2,1-2H3,(H,36,37)(H2,31,32,39);3-8,13,21,25-26,34,38H,9-12,14-16H2,1-2H3,(H,36,37)(H2,29,30,40);2-7,12,18,22,34H,8-11,13-16H2,1H3,(H,36,37)(H2,29,30,39)/t21?,24-;21?,25-,26?;18-,22+/m001/s1. The molecule has 6 aliphatic rings. The van der Waals surface area contributed by atoms with Gasteiger partial charge in [0.25, 0.3) is 0 Å². The van der Waals surface area contributed by atoms with Crippen LogP contribution in [-0.4, -0.2) is 303 Å². The van der Waals surface area contributed by atoms with Gasteiger partial charge in [-0.2, -0.15) is 0 Å². The fourth-order valence-corrected chi connectivity index (χ4v) is 15.8. The van der Waals surface area contributed by atoms with Crippen LogP contribution >= 0.6 is 15.9 Å². The Balaban J connectivity index is 0.000000190. The molecule has 0 aromatic heterocycles. The first kappa shape index (κ1) is 91.3. The smallest absolute Gasteiger partial charge is 0.323 e. The lowest BCUT2D eigenvalue weighted by Crippen LogP contribution is -2.57. The van der Waals surface area contributed by atoms with Crippen LogP contribution in [0, 0.1) is 19.8 Å². The zero-order valence-electron chi connectivity index (χ0n) is 67.8. The van der Waals surface area contributed by atoms with Gasteiger partial charge < -0.3 is 112 Å². The Morgan fingerprint density at radius 1 is 0.430 bits per heavy atom. The summed E-state index contributed by atoms with van der Waals surface area (Å²) in [6.07, 6.45) is -1.74. The van der Waals surface area contributed by atoms with E-state index in [9.17, 15) is 72.9 Å². The summed E-state index contributed by atoms with van der Waals surface area (Å²) in [5.41, 5.74) is 13.0. The Bertz CT molecular complexity index is 4560. The molecule has 121 heavy (non-hydrogen) atoms. The number of aliphatic hydroxyl groups is 3. The number of rotatable bonds is 24. The van der Waals surface area contributed by atoms with E-state index in [2.05, 4.69) is 47.8 Å². The van der Waals surface area contributed by atoms with Crippen LogP contribution in [0.4, 0.5) is 48.5 Å². The van der Waals surface area contributed by atoms with Crippen molar-refractivity contribution >= 4 is 121 Å². The van der Waals surface area contributed by atoms with Gasteiger partial charge in [0.2, 0.25) is 35.4 Å². The molecule has 0 bridgehead atoms. The summed E-state index contributed by atoms with van der Waals surface area (Å²) in [7, 11) is 4.38. The van der Waals surface area contributed by atoms with Gasteiger partial charge >= 0.3 is 36.0 Å². The van der Waals surface area contributed by atoms with Crippen LogP contribution in [0.2, 0.25) is 0 Å². The van der Waals surface area contributed by atoms with E-state index in [1.807, 2.05) is 68.4 Å². The number of amides is 12. The molecule has 6 saturated heterocycles. The number of likely N-dealkylation sites (tertiary alicyclic amines) is 4. The number of aliphatic hydroxyl groups excluding tert-OH is 3. The number of nitrogens with one attached hydrogen (secondary N) is 6. The van der Waals surface area contributed by atoms with Gasteiger partial charge in [-0.1, -0.05) is 66.7 Å². The SMILES string of the molecule is COc1cc(CC(=O)N2CC(N)C[C@H]2C(=O)N2CCC(CC(=O)O)CC2)ccc1NC(=O)Nc1ccccc1C.COc1cc(CC(=O)N2CC(O)C(O)[C@H]2C(=O)N2CCN(CC(=O)O)CC2)ccc1NC(=O)Nc1ccccc1C.COc1cc(CC(=O)N2C[C@H](O)C[C@H]2C(=O)N2CCN(CC(=O)O)CC2)ccc1NC(=O)Nc1ccccc1Br. The molecule has 37 heteroatoms. The van der Waals surface area contributed by atoms with Crippen LogP contribution < -0.4 is 51.8 Å². The van der Waals surface area contributed by atoms with E-state index >= 15 is 0 Å². The van der Waals surface area contributed by atoms with Crippen LogP contribution in [0.15, 0.2) is 132 Å². The summed E-state index contributed by atoms with van der Waals surface area (Å²) < 4.78 is 17.1. The Kier molecular flexibility index (Phi) is 32.3. The number of carbonyl (C=O) groups excluding carboxylic acids is 9. The predicted molar refractivity (Wildman–Crippen MR) is 449 cm³/mol. The number of piperidine rings is 1. The monoisotopic (exact) mass is 1740 g/mol. The highest BCUT2D eigenvalue weighted by atomic mass is 79.9. The van der Waals surface area contributed by atoms with E-state index in [-0.39, 0.29) is 107 Å². The summed E-state index contributed by atoms with van der Waals surface area (Å²) in [6, 6.07) is 32.6. The number of piperazine rings is 2. The van der Waals surface area contributed by atoms with E-state index in [4.69, 9.17) is 35.3 Å². The molecule has 12 amide bonds. The number of benzene rings is 6. The summed E-state index contributed by atoms with van der Waals surface area (Å²) >= 11 is 3.38. The summed E-state index contributed by atoms with van der Waals surface area (Å²) in [5.74, 6) is -3.41. The molecule has 0 radical (unpaired) electrons. The fraction of sp³-hybridized carbons (Fsp3) is 0.429. The van der Waals surface area contributed by atoms with Gasteiger partial charge in [0.1, 0.15) is 41.5 Å². The van der Waals surface area contributed by atoms with E-state index in [0.717, 1.165) is 15.6 Å². The first-order valence-electron chi connectivity index (χ1n) is 39.6. The van der Waals surface area contributed by atoms with Crippen molar-refractivity contribution in [2.75, 3.05) is 151 Å². The number of methoxy groups -OCH3 is 3. The topological polar surface area (TPSA) is 478 Å². The number of hydrogen-bond donors (Lipinski definition) is 13. The molecule has 6 aliphatic heterocycles. The number of nitrogens with two attached hydrogens (primary N) is 1. The maximum absolute atomic E-state index is 13.3. The van der Waals surface area contributed by atoms with Gasteiger partial charge in [-0.25, -0.2) is 14.4 Å². The van der Waals surface area contributed by atoms with Crippen molar-refractivity contribution in [3.05, 3.63) is 160 Å². The first-order chi connectivity index (χ1) is 57.8. The maximum atomic E-state index is 13.3. The summed E-state index contributed by atoms with van der Waals surface area (Å²) in [5, 5.41) is 74.8. The van der Waals surface area contributed by atoms with Crippen LogP contribution in [0.5, 0.6) is 17.2 Å². The highest BCUT2D eigenvalue weighted by Gasteiger charge is 2.49. The summed E-state index contributed by atoms with van der Waals surface area (Å²) in [6.45, 7) is 7.45. The second-order valence-electron chi connectivity index (χ2n) is 30.4. The average Bonchev–Trinajstić information content (AvgIpc) is 1.64. The van der Waals surface area contributed by atoms with E-state index in [1.165, 1.54) is 36.0 Å². The Labute approximate surface area is 707 Å². The molecule has 36 nitrogen and oxygen atoms in total. The molecule has 3 unspecified atom stereocenters. The largest absolute Gasteiger partial charge is 0.495 e. The van der Waals surface area contributed by atoms with Gasteiger partial charge in [-0.3, -0.25) is 53.0 Å². The number of β-amino-alcohol motifs (C(OH)–C–C–N with tert-alkyl or cyclic N) is 2. The van der Waals surface area contributed by atoms with E-state index < -0.39 is 84.3 Å². The van der Waals surface area contributed by atoms with Crippen LogP contribution in [0.1, 0.15) is 59.9 Å². The molecule has 648 valence electrons. The molecule has 7 atom stereocenters. The normalized spacial score (nSPS) is 19.8. The lowest BCUT2D eigenvalue weighted by atomic mass is 9.93. The Hall–Kier alpha value is -12.0. The number of ether oxygens (including phenoxy) is 3. The number of aliphatic carboxylic acids is 3. The molecule has 12 rings (SSSR count). The number of nitrogens with zero attached hydrogens (tertiary/aromatic N) is 8. The number of anilines is 6. The molecule has 6 aromatic carbocycles. The lowest BCUT2D eigenvalue weighted by Gasteiger charge is -2.37. The number of para-hydroxylation sites is 3. The number of carboxylic acid groups (broad SMARTS) is 3. The van der Waals surface area contributed by atoms with Gasteiger partial charge in [0.15, 0.2) is 0 Å². The number of aryl methyl sites for hydroxylation is 2. The highest BCUT2D eigenvalue weighted by Crippen LogP contribution is 2.34. The third-order valence-electron chi connectivity index (χ3n) is 21.8. The van der Waals surface area contributed by atoms with Crippen molar-refractivity contribution in [3.63, 3.8) is 0 Å². The average molecular weight is 1740 g/mol. The molecule has 6 fully saturated rings. The molecule has 14 N–H and O–H groups in total. The summed E-state index contributed by atoms with van der Waals surface area (Å²) in [4.78, 5) is 163. The van der Waals surface area contributed by atoms with E-state index in [0.29, 0.717) is 146 Å². The van der Waals surface area contributed by atoms with Crippen molar-refractivity contribution in [2.24, 2.45) is 11.7 Å². The number of hydrogen-bond acceptors (Lipinski definition) is 21. The maximum Gasteiger partial charge on any atom is 0.323 e. The van der Waals surface area contributed by atoms with Gasteiger partial charge in [-0.15, -0.1) is 0 Å². The second-order valence-corrected chi connectivity index (χ2v) is 31.3. The van der Waals surface area contributed by atoms with Crippen LogP contribution in [0.25, 0.3) is 0 Å². The Morgan fingerprint density at radius 3 is 1.21 bits per heavy atom. The van der Waals surface area contributed by atoms with Crippen molar-refractivity contribution in [1.29, 1.82) is 0 Å². The molecule has 6 heterocycles. The zero-order valence-corrected chi connectivity index (χ0v) is 69.4. The Morgan fingerprint density at radius 2 is 0.802 bits per heavy atom. The number of halogens is 1. The van der Waals surface area contributed by atoms with E-state index in [1.54, 1.807) is 97.3 Å². The predicted octanol–water partition coefficient (Wildman–Crippen LogP) is 5.02. The molecule has 0 saturated carbocycles. The van der Waals surface area contributed by atoms with Crippen LogP contribution in [0.3, 0.4) is 0 Å². The lowest BCUT2D eigenvalue weighted by molar-refractivity contribution is -0.148. The molecule has 0 aliphatic carbocycles. The van der Waals surface area contributed by atoms with Gasteiger partial charge in [0.05, 0.1) is 95.2 Å². The van der Waals surface area contributed by atoms with Crippen molar-refractivity contribution < 1.29 is 102 Å². The van der Waals surface area contributed by atoms with Crippen molar-refractivity contribution in [1.82, 2.24) is 39.2 Å². The van der Waals surface area contributed by atoms with Crippen LogP contribution in [-0.2, 0) is 62.4 Å². The molecule has 6 aromatic rings. The fourth-order valence-electron chi connectivity index (χ4n) is 15.4. The van der Waals surface area contributed by atoms with Gasteiger partial charge in [0, 0.05) is 113 Å². The molecular formula is C84H104BrN15O21. The number of carboxylic acids is 3. The highest BCUT2D eigenvalue weighted by molar-refractivity contribution is 9.10. The minimum Gasteiger partial charge on any atom is -0.495 e. The minimum atomic E-state index is -1.45. The minimum absolute atomic E-state index is 0.0251. The second kappa shape index (κ2) is 42.8. The zero-order chi connectivity index (χ0) is 87.3. The quantitative estimate of drug-likeness (QED) is 0.0378. The van der Waals surface area contributed by atoms with Crippen molar-refractivity contribution in [3.8, 4) is 17.2 Å². The molecular weight excluding hydrogens is 1630 g/mol. The number of urea groups is 3. The third-order valence-corrected chi connectivity index (χ3v) is 22.5. The van der Waals surface area contributed by atoms with Gasteiger partial charge in [-0.05, 0) is 143 Å². The number of carbonyl (C=O) groups is 12. The third kappa shape index (κ3) is 25.1.